The highest BCUT2D eigenvalue weighted by Crippen LogP contribution is 1.99. The summed E-state index contributed by atoms with van der Waals surface area (Å²) in [6, 6.07) is -1.17. The van der Waals surface area contributed by atoms with Crippen molar-refractivity contribution in [2.24, 2.45) is 11.5 Å². The Balaban J connectivity index is 0. The van der Waals surface area contributed by atoms with Crippen molar-refractivity contribution in [1.29, 1.82) is 0 Å². The van der Waals surface area contributed by atoms with Crippen LogP contribution < -0.4 is 16.8 Å². The van der Waals surface area contributed by atoms with E-state index in [0.29, 0.717) is 6.42 Å². The van der Waals surface area contributed by atoms with Crippen LogP contribution in [0.2, 0.25) is 0 Å². The van der Waals surface area contributed by atoms with Gasteiger partial charge in [0.05, 0.1) is 19.6 Å². The molecular weight excluding hydrogens is 262 g/mol. The first-order chi connectivity index (χ1) is 7.86. The van der Waals surface area contributed by atoms with Crippen molar-refractivity contribution in [2.75, 3.05) is 7.11 Å². The third kappa shape index (κ3) is 8.77. The van der Waals surface area contributed by atoms with Crippen molar-refractivity contribution in [3.05, 3.63) is 0 Å². The number of halogens is 1. The average Bonchev–Trinajstić information content (AvgIpc) is 2.24. The van der Waals surface area contributed by atoms with Crippen LogP contribution >= 0.6 is 12.4 Å². The normalized spacial score (nSPS) is 12.8. The molecule has 0 aliphatic heterocycles. The van der Waals surface area contributed by atoms with Gasteiger partial charge in [0.15, 0.2) is 0 Å². The van der Waals surface area contributed by atoms with Gasteiger partial charge in [-0.25, -0.2) is 0 Å². The lowest BCUT2D eigenvalue weighted by atomic mass is 10.1. The molecule has 0 aromatic heterocycles. The molecule has 0 unspecified atom stereocenters. The van der Waals surface area contributed by atoms with Gasteiger partial charge < -0.3 is 21.5 Å². The van der Waals surface area contributed by atoms with E-state index in [1.807, 2.05) is 0 Å². The van der Waals surface area contributed by atoms with Gasteiger partial charge in [-0.15, -0.1) is 12.4 Å². The summed E-state index contributed by atoms with van der Waals surface area (Å²) in [6.07, 6.45) is 0.459. The molecule has 2 atom stereocenters. The number of primary amides is 1. The highest BCUT2D eigenvalue weighted by Gasteiger charge is 2.18. The number of esters is 1. The summed E-state index contributed by atoms with van der Waals surface area (Å²) >= 11 is 0. The highest BCUT2D eigenvalue weighted by molar-refractivity contribution is 5.87. The lowest BCUT2D eigenvalue weighted by Gasteiger charge is -2.16. The van der Waals surface area contributed by atoms with Crippen molar-refractivity contribution in [3.8, 4) is 0 Å². The van der Waals surface area contributed by atoms with Gasteiger partial charge in [0.25, 0.3) is 0 Å². The maximum absolute atomic E-state index is 11.4. The maximum Gasteiger partial charge on any atom is 0.305 e. The van der Waals surface area contributed by atoms with E-state index < -0.39 is 17.9 Å². The van der Waals surface area contributed by atoms with Gasteiger partial charge in [-0.05, 0) is 13.3 Å². The van der Waals surface area contributed by atoms with E-state index in [1.54, 1.807) is 6.92 Å². The minimum absolute atomic E-state index is 0. The number of ether oxygens (including phenoxy) is 1. The standard InChI is InChI=1S/C10H19N3O4.ClH/c1-6(3-4-9(15)17-2)13-10(16)7(11)5-8(12)14;/h6-7H,3-5,11H2,1-2H3,(H2,12,14)(H,13,16);1H/t6-,7+;/m0./s1. The lowest BCUT2D eigenvalue weighted by Crippen LogP contribution is -2.46. The summed E-state index contributed by atoms with van der Waals surface area (Å²) < 4.78 is 4.47. The number of carbonyl (C=O) groups is 3. The number of hydrogen-bond donors (Lipinski definition) is 3. The number of carbonyl (C=O) groups excluding carboxylic acids is 3. The van der Waals surface area contributed by atoms with Gasteiger partial charge in [0, 0.05) is 12.5 Å². The number of methoxy groups -OCH3 is 1. The molecule has 0 radical (unpaired) electrons. The maximum atomic E-state index is 11.4. The average molecular weight is 282 g/mol. The zero-order valence-corrected chi connectivity index (χ0v) is 11.3. The molecule has 0 heterocycles. The first-order valence-corrected chi connectivity index (χ1v) is 5.28. The van der Waals surface area contributed by atoms with E-state index >= 15 is 0 Å². The quantitative estimate of drug-likeness (QED) is 0.520. The Kier molecular flexibility index (Phi) is 10.2. The largest absolute Gasteiger partial charge is 0.469 e. The molecule has 7 nitrogen and oxygen atoms in total. The van der Waals surface area contributed by atoms with Gasteiger partial charge in [-0.3, -0.25) is 14.4 Å². The summed E-state index contributed by atoms with van der Waals surface area (Å²) in [6.45, 7) is 1.73. The molecule has 106 valence electrons. The third-order valence-electron chi connectivity index (χ3n) is 2.16. The Morgan fingerprint density at radius 1 is 1.33 bits per heavy atom. The molecule has 0 fully saturated rings. The van der Waals surface area contributed by atoms with E-state index in [-0.39, 0.29) is 37.3 Å². The third-order valence-corrected chi connectivity index (χ3v) is 2.16. The molecule has 0 aliphatic rings. The van der Waals surface area contributed by atoms with E-state index in [1.165, 1.54) is 7.11 Å². The number of hydrogen-bond acceptors (Lipinski definition) is 5. The van der Waals surface area contributed by atoms with Gasteiger partial charge in [0.1, 0.15) is 0 Å². The molecule has 0 saturated carbocycles. The molecule has 2 amide bonds. The van der Waals surface area contributed by atoms with Gasteiger partial charge in [0.2, 0.25) is 11.8 Å². The predicted octanol–water partition coefficient (Wildman–Crippen LogP) is -0.931. The number of rotatable bonds is 7. The highest BCUT2D eigenvalue weighted by atomic mass is 35.5. The number of amides is 2. The van der Waals surface area contributed by atoms with E-state index in [0.717, 1.165) is 0 Å². The van der Waals surface area contributed by atoms with Crippen LogP contribution in [-0.2, 0) is 19.1 Å². The Labute approximate surface area is 112 Å². The molecule has 0 aromatic rings. The summed E-state index contributed by atoms with van der Waals surface area (Å²) in [5.41, 5.74) is 10.4. The molecular formula is C10H20ClN3O4. The Morgan fingerprint density at radius 3 is 2.33 bits per heavy atom. The van der Waals surface area contributed by atoms with Crippen LogP contribution in [0.3, 0.4) is 0 Å². The van der Waals surface area contributed by atoms with Crippen molar-refractivity contribution in [2.45, 2.75) is 38.3 Å². The lowest BCUT2D eigenvalue weighted by molar-refractivity contribution is -0.141. The second-order valence-electron chi connectivity index (χ2n) is 3.80. The second-order valence-corrected chi connectivity index (χ2v) is 3.80. The summed E-state index contributed by atoms with van der Waals surface area (Å²) in [7, 11) is 1.30. The van der Waals surface area contributed by atoms with E-state index in [4.69, 9.17) is 11.5 Å². The molecule has 0 bridgehead atoms. The van der Waals surface area contributed by atoms with Crippen LogP contribution in [0.15, 0.2) is 0 Å². The fourth-order valence-electron chi connectivity index (χ4n) is 1.17. The molecule has 0 spiro atoms. The molecule has 0 aliphatic carbocycles. The van der Waals surface area contributed by atoms with Crippen LogP contribution in [0.25, 0.3) is 0 Å². The molecule has 0 rings (SSSR count). The SMILES string of the molecule is COC(=O)CC[C@H](C)NC(=O)[C@H](N)CC(N)=O.Cl. The van der Waals surface area contributed by atoms with Crippen LogP contribution in [0, 0.1) is 0 Å². The number of nitrogens with two attached hydrogens (primary N) is 2. The van der Waals surface area contributed by atoms with E-state index in [2.05, 4.69) is 10.1 Å². The second kappa shape index (κ2) is 9.67. The summed E-state index contributed by atoms with van der Waals surface area (Å²) in [4.78, 5) is 32.9. The molecule has 8 heteroatoms. The fourth-order valence-corrected chi connectivity index (χ4v) is 1.17. The zero-order valence-electron chi connectivity index (χ0n) is 10.5. The van der Waals surface area contributed by atoms with Crippen LogP contribution in [0.4, 0.5) is 0 Å². The first kappa shape index (κ1) is 19.0. The topological polar surface area (TPSA) is 125 Å². The first-order valence-electron chi connectivity index (χ1n) is 5.28. The van der Waals surface area contributed by atoms with E-state index in [9.17, 15) is 14.4 Å². The molecule has 5 N–H and O–H groups in total. The monoisotopic (exact) mass is 281 g/mol. The smallest absolute Gasteiger partial charge is 0.305 e. The summed E-state index contributed by atoms with van der Waals surface area (Å²) in [5, 5.41) is 2.58. The van der Waals surface area contributed by atoms with Crippen LogP contribution in [0.1, 0.15) is 26.2 Å². The predicted molar refractivity (Wildman–Crippen MR) is 67.9 cm³/mol. The minimum Gasteiger partial charge on any atom is -0.469 e. The van der Waals surface area contributed by atoms with Crippen LogP contribution in [0.5, 0.6) is 0 Å². The van der Waals surface area contributed by atoms with Crippen molar-refractivity contribution in [1.82, 2.24) is 5.32 Å². The van der Waals surface area contributed by atoms with Crippen molar-refractivity contribution >= 4 is 30.2 Å². The molecule has 0 saturated heterocycles. The number of nitrogens with one attached hydrogen (secondary N) is 1. The molecule has 0 aromatic carbocycles. The Bertz CT molecular complexity index is 299. The molecule has 18 heavy (non-hydrogen) atoms. The van der Waals surface area contributed by atoms with Crippen molar-refractivity contribution in [3.63, 3.8) is 0 Å². The fraction of sp³-hybridized carbons (Fsp3) is 0.700. The zero-order chi connectivity index (χ0) is 13.4. The van der Waals surface area contributed by atoms with Gasteiger partial charge >= 0.3 is 5.97 Å². The van der Waals surface area contributed by atoms with Gasteiger partial charge in [-0.1, -0.05) is 0 Å². The Morgan fingerprint density at radius 2 is 1.89 bits per heavy atom. The van der Waals surface area contributed by atoms with Gasteiger partial charge in [-0.2, -0.15) is 0 Å². The summed E-state index contributed by atoms with van der Waals surface area (Å²) in [5.74, 6) is -1.43. The minimum atomic E-state index is -0.951. The van der Waals surface area contributed by atoms with Crippen molar-refractivity contribution < 1.29 is 19.1 Å². The van der Waals surface area contributed by atoms with Crippen LogP contribution in [-0.4, -0.2) is 37.0 Å². The Hall–Kier alpha value is -1.34.